The van der Waals surface area contributed by atoms with E-state index in [9.17, 15) is 0 Å². The van der Waals surface area contributed by atoms with Crippen molar-refractivity contribution in [3.63, 3.8) is 0 Å². The highest BCUT2D eigenvalue weighted by Gasteiger charge is 2.25. The van der Waals surface area contributed by atoms with Gasteiger partial charge in [0, 0.05) is 24.3 Å². The second kappa shape index (κ2) is 6.64. The summed E-state index contributed by atoms with van der Waals surface area (Å²) in [6.45, 7) is 3.06. The highest BCUT2D eigenvalue weighted by atomic mass is 16.5. The summed E-state index contributed by atoms with van der Waals surface area (Å²) >= 11 is 0. The first-order valence-electron chi connectivity index (χ1n) is 7.55. The van der Waals surface area contributed by atoms with E-state index < -0.39 is 0 Å². The maximum absolute atomic E-state index is 5.57. The molecule has 0 saturated carbocycles. The molecule has 1 fully saturated rings. The van der Waals surface area contributed by atoms with Crippen LogP contribution in [-0.2, 0) is 0 Å². The smallest absolute Gasteiger partial charge is 0.124 e. The summed E-state index contributed by atoms with van der Waals surface area (Å²) in [5.74, 6) is 0.965. The third kappa shape index (κ3) is 3.03. The molecule has 0 bridgehead atoms. The number of methoxy groups -OCH3 is 1. The molecular formula is C18H22N2O. The van der Waals surface area contributed by atoms with E-state index in [4.69, 9.17) is 4.74 Å². The molecule has 0 amide bonds. The van der Waals surface area contributed by atoms with E-state index >= 15 is 0 Å². The van der Waals surface area contributed by atoms with Gasteiger partial charge in [0.05, 0.1) is 13.2 Å². The number of para-hydroxylation sites is 2. The Balaban J connectivity index is 1.99. The second-order valence-electron chi connectivity index (χ2n) is 5.34. The van der Waals surface area contributed by atoms with Gasteiger partial charge in [-0.25, -0.2) is 0 Å². The van der Waals surface area contributed by atoms with Crippen LogP contribution in [0.15, 0.2) is 54.6 Å². The van der Waals surface area contributed by atoms with Gasteiger partial charge in [-0.3, -0.25) is 0 Å². The monoisotopic (exact) mass is 282 g/mol. The molecule has 0 aliphatic carbocycles. The second-order valence-corrected chi connectivity index (χ2v) is 5.34. The van der Waals surface area contributed by atoms with Crippen LogP contribution < -0.4 is 15.0 Å². The normalized spacial score (nSPS) is 19.1. The summed E-state index contributed by atoms with van der Waals surface area (Å²) in [5, 5.41) is 3.55. The molecule has 1 unspecified atom stereocenters. The van der Waals surface area contributed by atoms with Crippen LogP contribution in [0.3, 0.4) is 0 Å². The first kappa shape index (κ1) is 14.0. The van der Waals surface area contributed by atoms with Gasteiger partial charge in [-0.15, -0.1) is 0 Å². The number of anilines is 1. The fourth-order valence-corrected chi connectivity index (χ4v) is 3.03. The summed E-state index contributed by atoms with van der Waals surface area (Å²) in [6.07, 6.45) is 1.15. The van der Waals surface area contributed by atoms with Crippen LogP contribution in [0.25, 0.3) is 0 Å². The average molecular weight is 282 g/mol. The Morgan fingerprint density at radius 3 is 2.62 bits per heavy atom. The maximum Gasteiger partial charge on any atom is 0.124 e. The first-order chi connectivity index (χ1) is 10.4. The average Bonchev–Trinajstić information content (AvgIpc) is 2.81. The van der Waals surface area contributed by atoms with E-state index in [1.54, 1.807) is 7.11 Å². The molecule has 0 radical (unpaired) electrons. The molecule has 110 valence electrons. The van der Waals surface area contributed by atoms with Crippen LogP contribution >= 0.6 is 0 Å². The van der Waals surface area contributed by atoms with Crippen LogP contribution in [-0.4, -0.2) is 26.7 Å². The van der Waals surface area contributed by atoms with Crippen molar-refractivity contribution < 1.29 is 4.74 Å². The molecule has 1 aliphatic rings. The van der Waals surface area contributed by atoms with E-state index in [0.29, 0.717) is 6.04 Å². The summed E-state index contributed by atoms with van der Waals surface area (Å²) in [7, 11) is 1.75. The molecule has 1 atom stereocenters. The highest BCUT2D eigenvalue weighted by Crippen LogP contribution is 2.33. The molecular weight excluding hydrogens is 260 g/mol. The number of rotatable bonds is 3. The fourth-order valence-electron chi connectivity index (χ4n) is 3.03. The predicted molar refractivity (Wildman–Crippen MR) is 87.0 cm³/mol. The zero-order valence-corrected chi connectivity index (χ0v) is 12.5. The van der Waals surface area contributed by atoms with Crippen molar-refractivity contribution in [1.29, 1.82) is 0 Å². The lowest BCUT2D eigenvalue weighted by molar-refractivity contribution is 0.404. The Morgan fingerprint density at radius 1 is 1.05 bits per heavy atom. The van der Waals surface area contributed by atoms with Gasteiger partial charge in [-0.1, -0.05) is 36.4 Å². The number of ether oxygens (including phenoxy) is 1. The topological polar surface area (TPSA) is 24.5 Å². The lowest BCUT2D eigenvalue weighted by Gasteiger charge is -2.33. The van der Waals surface area contributed by atoms with E-state index in [2.05, 4.69) is 52.7 Å². The number of benzene rings is 2. The van der Waals surface area contributed by atoms with Gasteiger partial charge in [0.1, 0.15) is 5.75 Å². The zero-order valence-electron chi connectivity index (χ0n) is 12.5. The van der Waals surface area contributed by atoms with E-state index in [0.717, 1.165) is 31.8 Å². The van der Waals surface area contributed by atoms with Gasteiger partial charge in [-0.2, -0.15) is 0 Å². The van der Waals surface area contributed by atoms with Crippen LogP contribution in [0.2, 0.25) is 0 Å². The predicted octanol–water partition coefficient (Wildman–Crippen LogP) is 3.24. The minimum Gasteiger partial charge on any atom is -0.496 e. The van der Waals surface area contributed by atoms with Gasteiger partial charge in [-0.05, 0) is 31.2 Å². The molecule has 1 N–H and O–H groups in total. The molecule has 2 aromatic rings. The van der Waals surface area contributed by atoms with Gasteiger partial charge >= 0.3 is 0 Å². The largest absolute Gasteiger partial charge is 0.496 e. The quantitative estimate of drug-likeness (QED) is 0.935. The van der Waals surface area contributed by atoms with Gasteiger partial charge in [0.2, 0.25) is 0 Å². The van der Waals surface area contributed by atoms with Crippen molar-refractivity contribution in [2.45, 2.75) is 12.5 Å². The minimum atomic E-state index is 0.297. The fraction of sp³-hybridized carbons (Fsp3) is 0.333. The van der Waals surface area contributed by atoms with E-state index in [-0.39, 0.29) is 0 Å². The van der Waals surface area contributed by atoms with Crippen molar-refractivity contribution >= 4 is 5.69 Å². The van der Waals surface area contributed by atoms with Crippen molar-refractivity contribution in [2.75, 3.05) is 31.6 Å². The highest BCUT2D eigenvalue weighted by molar-refractivity contribution is 5.51. The summed E-state index contributed by atoms with van der Waals surface area (Å²) in [4.78, 5) is 2.48. The number of hydrogen-bond donors (Lipinski definition) is 1. The molecule has 1 aliphatic heterocycles. The zero-order chi connectivity index (χ0) is 14.5. The molecule has 3 heteroatoms. The van der Waals surface area contributed by atoms with Crippen molar-refractivity contribution in [2.24, 2.45) is 0 Å². The molecule has 1 saturated heterocycles. The molecule has 2 aromatic carbocycles. The summed E-state index contributed by atoms with van der Waals surface area (Å²) in [5.41, 5.74) is 2.52. The lowest BCUT2D eigenvalue weighted by Crippen LogP contribution is -2.32. The Kier molecular flexibility index (Phi) is 4.41. The number of nitrogens with one attached hydrogen (secondary N) is 1. The minimum absolute atomic E-state index is 0.297. The third-order valence-corrected chi connectivity index (χ3v) is 4.05. The summed E-state index contributed by atoms with van der Waals surface area (Å²) in [6, 6.07) is 19.3. The molecule has 0 spiro atoms. The summed E-state index contributed by atoms with van der Waals surface area (Å²) < 4.78 is 5.57. The molecule has 0 aromatic heterocycles. The Labute approximate surface area is 126 Å². The SMILES string of the molecule is COc1ccccc1C1CNCCCN1c1ccccc1. The lowest BCUT2D eigenvalue weighted by atomic mass is 10.0. The maximum atomic E-state index is 5.57. The first-order valence-corrected chi connectivity index (χ1v) is 7.55. The Morgan fingerprint density at radius 2 is 1.81 bits per heavy atom. The van der Waals surface area contributed by atoms with Crippen LogP contribution in [0, 0.1) is 0 Å². The van der Waals surface area contributed by atoms with E-state index in [1.807, 2.05) is 12.1 Å². The molecule has 3 rings (SSSR count). The molecule has 3 nitrogen and oxygen atoms in total. The van der Waals surface area contributed by atoms with Crippen LogP contribution in [0.4, 0.5) is 5.69 Å². The standard InChI is InChI=1S/C18H22N2O/c1-21-18-11-6-5-10-16(18)17-14-19-12-7-13-20(17)15-8-3-2-4-9-15/h2-6,8-11,17,19H,7,12-14H2,1H3. The van der Waals surface area contributed by atoms with Gasteiger partial charge in [0.15, 0.2) is 0 Å². The Bertz CT molecular complexity index is 570. The molecule has 21 heavy (non-hydrogen) atoms. The Hall–Kier alpha value is -2.00. The van der Waals surface area contributed by atoms with Crippen molar-refractivity contribution in [3.05, 3.63) is 60.2 Å². The van der Waals surface area contributed by atoms with Crippen LogP contribution in [0.5, 0.6) is 5.75 Å². The van der Waals surface area contributed by atoms with Gasteiger partial charge < -0.3 is 15.0 Å². The third-order valence-electron chi connectivity index (χ3n) is 4.05. The molecule has 1 heterocycles. The van der Waals surface area contributed by atoms with Crippen LogP contribution in [0.1, 0.15) is 18.0 Å². The van der Waals surface area contributed by atoms with Crippen molar-refractivity contribution in [1.82, 2.24) is 5.32 Å². The van der Waals surface area contributed by atoms with Crippen molar-refractivity contribution in [3.8, 4) is 5.75 Å². The number of nitrogens with zero attached hydrogens (tertiary/aromatic N) is 1. The number of hydrogen-bond acceptors (Lipinski definition) is 3. The van der Waals surface area contributed by atoms with Gasteiger partial charge in [0.25, 0.3) is 0 Å². The van der Waals surface area contributed by atoms with E-state index in [1.165, 1.54) is 11.3 Å².